The third kappa shape index (κ3) is 4.98. The number of anilines is 1. The Labute approximate surface area is 152 Å². The molecule has 10 heteroatoms. The van der Waals surface area contributed by atoms with E-state index in [1.165, 1.54) is 24.3 Å². The molecule has 1 unspecified atom stereocenters. The number of hydrogen-bond acceptors (Lipinski definition) is 6. The maximum Gasteiger partial charge on any atom is 0.435 e. The van der Waals surface area contributed by atoms with Crippen LogP contribution in [0.1, 0.15) is 29.6 Å². The van der Waals surface area contributed by atoms with Crippen molar-refractivity contribution in [3.05, 3.63) is 34.6 Å². The number of nitrogens with one attached hydrogen (secondary N) is 1. The fourth-order valence-electron chi connectivity index (χ4n) is 2.95. The lowest BCUT2D eigenvalue weighted by molar-refractivity contribution is -0.141. The van der Waals surface area contributed by atoms with Crippen molar-refractivity contribution in [3.63, 3.8) is 0 Å². The normalized spacial score (nSPS) is 18.2. The summed E-state index contributed by atoms with van der Waals surface area (Å²) in [7, 11) is 0. The molecule has 1 aliphatic heterocycles. The van der Waals surface area contributed by atoms with E-state index in [9.17, 15) is 18.0 Å². The van der Waals surface area contributed by atoms with Gasteiger partial charge in [0.25, 0.3) is 0 Å². The lowest BCUT2D eigenvalue weighted by Crippen LogP contribution is -2.20. The number of hydrogen-bond donors (Lipinski definition) is 1. The topological polar surface area (TPSA) is 71.0 Å². The highest BCUT2D eigenvalue weighted by molar-refractivity contribution is 7.15. The highest BCUT2D eigenvalue weighted by Crippen LogP contribution is 2.28. The van der Waals surface area contributed by atoms with Gasteiger partial charge in [0.15, 0.2) is 10.8 Å². The van der Waals surface area contributed by atoms with Gasteiger partial charge in [0.2, 0.25) is 5.91 Å². The number of carbonyl (C=O) groups is 1. The molecule has 0 spiro atoms. The molecule has 3 heterocycles. The number of likely N-dealkylation sites (tertiary alicyclic amines) is 1. The molecule has 2 aromatic rings. The summed E-state index contributed by atoms with van der Waals surface area (Å²) in [4.78, 5) is 18.5. The Morgan fingerprint density at radius 3 is 2.85 bits per heavy atom. The summed E-state index contributed by atoms with van der Waals surface area (Å²) in [5.41, 5.74) is -0.384. The largest absolute Gasteiger partial charge is 0.435 e. The Kier molecular flexibility index (Phi) is 5.52. The number of amides is 1. The second-order valence-corrected chi connectivity index (χ2v) is 7.43. The number of halogens is 3. The number of carbonyl (C=O) groups excluding carboxylic acids is 1. The highest BCUT2D eigenvalue weighted by Gasteiger charge is 2.33. The Balaban J connectivity index is 1.51. The van der Waals surface area contributed by atoms with Crippen molar-refractivity contribution in [1.82, 2.24) is 20.1 Å². The Morgan fingerprint density at radius 2 is 2.19 bits per heavy atom. The van der Waals surface area contributed by atoms with Crippen molar-refractivity contribution in [2.75, 3.05) is 18.4 Å². The van der Waals surface area contributed by atoms with Crippen molar-refractivity contribution >= 4 is 22.4 Å². The summed E-state index contributed by atoms with van der Waals surface area (Å²) in [6.45, 7) is 3.94. The number of rotatable bonds is 5. The third-order valence-corrected chi connectivity index (χ3v) is 4.99. The van der Waals surface area contributed by atoms with Crippen LogP contribution in [0, 0.1) is 5.92 Å². The van der Waals surface area contributed by atoms with Gasteiger partial charge in [-0.25, -0.2) is 4.98 Å². The molecule has 26 heavy (non-hydrogen) atoms. The van der Waals surface area contributed by atoms with E-state index >= 15 is 0 Å². The van der Waals surface area contributed by atoms with E-state index < -0.39 is 11.9 Å². The van der Waals surface area contributed by atoms with Gasteiger partial charge in [-0.2, -0.15) is 18.3 Å². The molecule has 1 fully saturated rings. The van der Waals surface area contributed by atoms with Crippen LogP contribution < -0.4 is 5.32 Å². The van der Waals surface area contributed by atoms with Gasteiger partial charge < -0.3 is 5.32 Å². The molecule has 3 rings (SSSR count). The van der Waals surface area contributed by atoms with E-state index in [-0.39, 0.29) is 5.91 Å². The minimum atomic E-state index is -4.46. The Bertz CT molecular complexity index is 762. The van der Waals surface area contributed by atoms with Crippen LogP contribution in [0.4, 0.5) is 18.3 Å². The first-order valence-corrected chi connectivity index (χ1v) is 8.95. The van der Waals surface area contributed by atoms with Gasteiger partial charge in [-0.3, -0.25) is 9.69 Å². The van der Waals surface area contributed by atoms with Gasteiger partial charge in [-0.15, -0.1) is 16.4 Å². The standard InChI is InChI=1S/C16H18F3N5OS/c1-10(25)21-15-20-7-13(26-15)9-24-5-4-11(8-24)6-12-2-3-14(23-22-12)16(17,18)19/h2-3,7,11H,4-6,8-9H2,1H3,(H,20,21,25). The van der Waals surface area contributed by atoms with E-state index in [1.54, 1.807) is 6.20 Å². The lowest BCUT2D eigenvalue weighted by Gasteiger charge is -2.14. The molecule has 140 valence electrons. The maximum atomic E-state index is 12.5. The minimum absolute atomic E-state index is 0.148. The van der Waals surface area contributed by atoms with Crippen LogP contribution in [-0.2, 0) is 23.9 Å². The Hall–Kier alpha value is -2.07. The highest BCUT2D eigenvalue weighted by atomic mass is 32.1. The summed E-state index contributed by atoms with van der Waals surface area (Å²) < 4.78 is 37.6. The van der Waals surface area contributed by atoms with E-state index in [4.69, 9.17) is 0 Å². The van der Waals surface area contributed by atoms with Crippen LogP contribution in [-0.4, -0.2) is 39.1 Å². The third-order valence-electron chi connectivity index (χ3n) is 4.09. The fraction of sp³-hybridized carbons (Fsp3) is 0.500. The quantitative estimate of drug-likeness (QED) is 0.857. The van der Waals surface area contributed by atoms with Gasteiger partial charge in [-0.1, -0.05) is 0 Å². The van der Waals surface area contributed by atoms with E-state index in [1.807, 2.05) is 0 Å². The zero-order valence-electron chi connectivity index (χ0n) is 14.1. The average Bonchev–Trinajstić information content (AvgIpc) is 3.16. The molecule has 0 saturated carbocycles. The van der Waals surface area contributed by atoms with Crippen molar-refractivity contribution in [3.8, 4) is 0 Å². The maximum absolute atomic E-state index is 12.5. The van der Waals surface area contributed by atoms with Gasteiger partial charge in [0, 0.05) is 31.1 Å². The number of nitrogens with zero attached hydrogens (tertiary/aromatic N) is 4. The first kappa shape index (κ1) is 18.7. The van der Waals surface area contributed by atoms with Gasteiger partial charge in [-0.05, 0) is 37.4 Å². The fourth-order valence-corrected chi connectivity index (χ4v) is 3.85. The average molecular weight is 385 g/mol. The lowest BCUT2D eigenvalue weighted by atomic mass is 10.0. The summed E-state index contributed by atoms with van der Waals surface area (Å²) in [6, 6.07) is 2.39. The van der Waals surface area contributed by atoms with E-state index in [0.29, 0.717) is 23.2 Å². The van der Waals surface area contributed by atoms with Crippen molar-refractivity contribution in [2.24, 2.45) is 5.92 Å². The molecular formula is C16H18F3N5OS. The second kappa shape index (κ2) is 7.67. The SMILES string of the molecule is CC(=O)Nc1ncc(CN2CCC(Cc3ccc(C(F)(F)F)nn3)C2)s1. The predicted molar refractivity (Wildman–Crippen MR) is 90.5 cm³/mol. The molecule has 1 amide bonds. The minimum Gasteiger partial charge on any atom is -0.302 e. The van der Waals surface area contributed by atoms with Gasteiger partial charge >= 0.3 is 6.18 Å². The molecule has 2 aromatic heterocycles. The molecule has 1 saturated heterocycles. The first-order chi connectivity index (χ1) is 12.3. The predicted octanol–water partition coefficient (Wildman–Crippen LogP) is 2.97. The number of aromatic nitrogens is 3. The zero-order valence-corrected chi connectivity index (χ0v) is 14.9. The molecule has 0 aliphatic carbocycles. The van der Waals surface area contributed by atoms with Crippen LogP contribution in [0.15, 0.2) is 18.3 Å². The van der Waals surface area contributed by atoms with Crippen LogP contribution in [0.2, 0.25) is 0 Å². The van der Waals surface area contributed by atoms with E-state index in [0.717, 1.165) is 37.0 Å². The smallest absolute Gasteiger partial charge is 0.302 e. The first-order valence-electron chi connectivity index (χ1n) is 8.14. The molecule has 0 aromatic carbocycles. The monoisotopic (exact) mass is 385 g/mol. The molecular weight excluding hydrogens is 367 g/mol. The summed E-state index contributed by atoms with van der Waals surface area (Å²) in [6.07, 6.45) is -1.13. The molecule has 6 nitrogen and oxygen atoms in total. The van der Waals surface area contributed by atoms with Crippen LogP contribution >= 0.6 is 11.3 Å². The number of alkyl halides is 3. The molecule has 0 bridgehead atoms. The second-order valence-electron chi connectivity index (χ2n) is 6.31. The van der Waals surface area contributed by atoms with Gasteiger partial charge in [0.05, 0.1) is 5.69 Å². The van der Waals surface area contributed by atoms with Crippen molar-refractivity contribution in [2.45, 2.75) is 32.5 Å². The van der Waals surface area contributed by atoms with Gasteiger partial charge in [0.1, 0.15) is 0 Å². The molecule has 1 N–H and O–H groups in total. The van der Waals surface area contributed by atoms with Crippen LogP contribution in [0.5, 0.6) is 0 Å². The summed E-state index contributed by atoms with van der Waals surface area (Å²) in [5, 5.41) is 10.2. The van der Waals surface area contributed by atoms with Crippen molar-refractivity contribution < 1.29 is 18.0 Å². The van der Waals surface area contributed by atoms with Crippen LogP contribution in [0.3, 0.4) is 0 Å². The molecule has 1 aliphatic rings. The summed E-state index contributed by atoms with van der Waals surface area (Å²) >= 11 is 1.44. The molecule has 0 radical (unpaired) electrons. The van der Waals surface area contributed by atoms with Crippen LogP contribution in [0.25, 0.3) is 0 Å². The summed E-state index contributed by atoms with van der Waals surface area (Å²) in [5.74, 6) is 0.188. The molecule has 1 atom stereocenters. The van der Waals surface area contributed by atoms with E-state index in [2.05, 4.69) is 25.4 Å². The zero-order chi connectivity index (χ0) is 18.7. The number of thiazole rings is 1. The van der Waals surface area contributed by atoms with Crippen molar-refractivity contribution in [1.29, 1.82) is 0 Å². The Morgan fingerprint density at radius 1 is 1.38 bits per heavy atom.